The molecule has 7 nitrogen and oxygen atoms in total. The fourth-order valence-corrected chi connectivity index (χ4v) is 1.31. The van der Waals surface area contributed by atoms with Crippen molar-refractivity contribution >= 4 is 11.9 Å². The number of aromatic nitrogens is 3. The first kappa shape index (κ1) is 14.1. The van der Waals surface area contributed by atoms with E-state index >= 15 is 0 Å². The Labute approximate surface area is 105 Å². The van der Waals surface area contributed by atoms with Crippen molar-refractivity contribution in [3.63, 3.8) is 0 Å². The number of amides is 1. The summed E-state index contributed by atoms with van der Waals surface area (Å²) < 4.78 is 1.37. The molecule has 1 aromatic heterocycles. The summed E-state index contributed by atoms with van der Waals surface area (Å²) in [4.78, 5) is 22.3. The van der Waals surface area contributed by atoms with Crippen LogP contribution in [0.4, 0.5) is 0 Å². The molecule has 0 aromatic carbocycles. The van der Waals surface area contributed by atoms with Crippen molar-refractivity contribution in [3.8, 4) is 0 Å². The van der Waals surface area contributed by atoms with Gasteiger partial charge in [-0.1, -0.05) is 19.1 Å². The number of carboxylic acids is 1. The third-order valence-electron chi connectivity index (χ3n) is 2.35. The second kappa shape index (κ2) is 6.13. The molecule has 1 amide bonds. The van der Waals surface area contributed by atoms with E-state index in [-0.39, 0.29) is 12.3 Å². The van der Waals surface area contributed by atoms with Crippen molar-refractivity contribution in [2.24, 2.45) is 5.92 Å². The standard InChI is InChI=1S/C11H18N4O3/c1-7(2)5-12-11(18)8(3)15-6-9(13-14-15)4-10(16)17/h6-8H,4-5H2,1-3H3,(H,12,18)(H,16,17). The Bertz CT molecular complexity index is 428. The van der Waals surface area contributed by atoms with E-state index in [1.807, 2.05) is 13.8 Å². The minimum absolute atomic E-state index is 0.157. The smallest absolute Gasteiger partial charge is 0.309 e. The van der Waals surface area contributed by atoms with Gasteiger partial charge >= 0.3 is 5.97 Å². The van der Waals surface area contributed by atoms with Gasteiger partial charge in [-0.25, -0.2) is 4.68 Å². The molecule has 1 unspecified atom stereocenters. The number of carboxylic acid groups (broad SMARTS) is 1. The van der Waals surface area contributed by atoms with Crippen molar-refractivity contribution in [1.29, 1.82) is 0 Å². The monoisotopic (exact) mass is 254 g/mol. The molecule has 0 fully saturated rings. The Hall–Kier alpha value is -1.92. The summed E-state index contributed by atoms with van der Waals surface area (Å²) in [6.07, 6.45) is 1.29. The van der Waals surface area contributed by atoms with Gasteiger partial charge in [-0.3, -0.25) is 9.59 Å². The normalized spacial score (nSPS) is 12.4. The maximum atomic E-state index is 11.8. The van der Waals surface area contributed by atoms with Gasteiger partial charge in [-0.15, -0.1) is 5.10 Å². The van der Waals surface area contributed by atoms with Gasteiger partial charge in [-0.2, -0.15) is 0 Å². The first-order chi connectivity index (χ1) is 8.40. The highest BCUT2D eigenvalue weighted by Gasteiger charge is 2.17. The molecule has 1 rings (SSSR count). The minimum atomic E-state index is -0.973. The molecule has 1 heterocycles. The molecule has 2 N–H and O–H groups in total. The largest absolute Gasteiger partial charge is 0.481 e. The lowest BCUT2D eigenvalue weighted by atomic mass is 10.2. The zero-order chi connectivity index (χ0) is 13.7. The lowest BCUT2D eigenvalue weighted by Crippen LogP contribution is -2.33. The minimum Gasteiger partial charge on any atom is -0.481 e. The maximum absolute atomic E-state index is 11.8. The molecular weight excluding hydrogens is 236 g/mol. The first-order valence-corrected chi connectivity index (χ1v) is 5.80. The Morgan fingerprint density at radius 3 is 2.67 bits per heavy atom. The highest BCUT2D eigenvalue weighted by atomic mass is 16.4. The van der Waals surface area contributed by atoms with E-state index in [1.165, 1.54) is 10.9 Å². The molecule has 1 atom stereocenters. The van der Waals surface area contributed by atoms with Crippen molar-refractivity contribution in [2.75, 3.05) is 6.54 Å². The predicted octanol–water partition coefficient (Wildman–Crippen LogP) is 0.238. The summed E-state index contributed by atoms with van der Waals surface area (Å²) in [7, 11) is 0. The van der Waals surface area contributed by atoms with Crippen LogP contribution < -0.4 is 5.32 Å². The number of nitrogens with one attached hydrogen (secondary N) is 1. The third-order valence-corrected chi connectivity index (χ3v) is 2.35. The Kier molecular flexibility index (Phi) is 4.82. The van der Waals surface area contributed by atoms with Crippen LogP contribution in [0.15, 0.2) is 6.20 Å². The summed E-state index contributed by atoms with van der Waals surface area (Å²) in [5.74, 6) is -0.756. The number of hydrogen-bond acceptors (Lipinski definition) is 4. The molecule has 0 aliphatic rings. The van der Waals surface area contributed by atoms with Crippen LogP contribution >= 0.6 is 0 Å². The fourth-order valence-electron chi connectivity index (χ4n) is 1.31. The van der Waals surface area contributed by atoms with Crippen LogP contribution in [0.5, 0.6) is 0 Å². The molecule has 0 aliphatic carbocycles. The van der Waals surface area contributed by atoms with Gasteiger partial charge in [0.05, 0.1) is 12.1 Å². The van der Waals surface area contributed by atoms with Crippen LogP contribution in [0.2, 0.25) is 0 Å². The quantitative estimate of drug-likeness (QED) is 0.757. The summed E-state index contributed by atoms with van der Waals surface area (Å²) in [5, 5.41) is 18.9. The van der Waals surface area contributed by atoms with E-state index in [2.05, 4.69) is 15.6 Å². The van der Waals surface area contributed by atoms with E-state index in [1.54, 1.807) is 6.92 Å². The predicted molar refractivity (Wildman–Crippen MR) is 63.9 cm³/mol. The van der Waals surface area contributed by atoms with Crippen LogP contribution in [-0.2, 0) is 16.0 Å². The van der Waals surface area contributed by atoms with Crippen LogP contribution in [0.1, 0.15) is 32.5 Å². The number of carbonyl (C=O) groups excluding carboxylic acids is 1. The van der Waals surface area contributed by atoms with Crippen molar-refractivity contribution in [1.82, 2.24) is 20.3 Å². The second-order valence-electron chi connectivity index (χ2n) is 4.58. The number of hydrogen-bond donors (Lipinski definition) is 2. The molecule has 1 aromatic rings. The SMILES string of the molecule is CC(C)CNC(=O)C(C)n1cc(CC(=O)O)nn1. The Morgan fingerprint density at radius 1 is 1.44 bits per heavy atom. The van der Waals surface area contributed by atoms with Crippen LogP contribution in [0.3, 0.4) is 0 Å². The topological polar surface area (TPSA) is 97.1 Å². The maximum Gasteiger partial charge on any atom is 0.309 e. The summed E-state index contributed by atoms with van der Waals surface area (Å²) in [6.45, 7) is 6.30. The van der Waals surface area contributed by atoms with Crippen molar-refractivity contribution in [2.45, 2.75) is 33.2 Å². The Morgan fingerprint density at radius 2 is 2.11 bits per heavy atom. The van der Waals surface area contributed by atoms with Gasteiger partial charge in [0.15, 0.2) is 0 Å². The molecular formula is C11H18N4O3. The molecule has 100 valence electrons. The van der Waals surface area contributed by atoms with E-state index in [9.17, 15) is 9.59 Å². The summed E-state index contributed by atoms with van der Waals surface area (Å²) >= 11 is 0. The zero-order valence-electron chi connectivity index (χ0n) is 10.8. The van der Waals surface area contributed by atoms with Gasteiger partial charge in [-0.05, 0) is 12.8 Å². The molecule has 0 aliphatic heterocycles. The van der Waals surface area contributed by atoms with Crippen LogP contribution in [0, 0.1) is 5.92 Å². The van der Waals surface area contributed by atoms with Gasteiger partial charge in [0.1, 0.15) is 6.04 Å². The molecule has 0 radical (unpaired) electrons. The number of rotatable bonds is 6. The highest BCUT2D eigenvalue weighted by molar-refractivity contribution is 5.79. The van der Waals surface area contributed by atoms with Crippen molar-refractivity contribution < 1.29 is 14.7 Å². The lowest BCUT2D eigenvalue weighted by molar-refractivity contribution is -0.136. The van der Waals surface area contributed by atoms with Crippen LogP contribution in [0.25, 0.3) is 0 Å². The highest BCUT2D eigenvalue weighted by Crippen LogP contribution is 2.05. The molecule has 0 bridgehead atoms. The first-order valence-electron chi connectivity index (χ1n) is 5.80. The third kappa shape index (κ3) is 4.15. The molecule has 7 heteroatoms. The number of aliphatic carboxylic acids is 1. The van der Waals surface area contributed by atoms with Crippen molar-refractivity contribution in [3.05, 3.63) is 11.9 Å². The molecule has 18 heavy (non-hydrogen) atoms. The van der Waals surface area contributed by atoms with E-state index in [4.69, 9.17) is 5.11 Å². The van der Waals surface area contributed by atoms with E-state index < -0.39 is 12.0 Å². The lowest BCUT2D eigenvalue weighted by Gasteiger charge is -2.13. The molecule has 0 saturated heterocycles. The van der Waals surface area contributed by atoms with Gasteiger partial charge in [0.2, 0.25) is 5.91 Å². The fraction of sp³-hybridized carbons (Fsp3) is 0.636. The number of nitrogens with zero attached hydrogens (tertiary/aromatic N) is 3. The van der Waals surface area contributed by atoms with Gasteiger partial charge in [0, 0.05) is 12.7 Å². The van der Waals surface area contributed by atoms with Gasteiger partial charge in [0.25, 0.3) is 0 Å². The average molecular weight is 254 g/mol. The molecule has 0 spiro atoms. The second-order valence-corrected chi connectivity index (χ2v) is 4.58. The van der Waals surface area contributed by atoms with E-state index in [0.29, 0.717) is 18.2 Å². The summed E-state index contributed by atoms with van der Waals surface area (Å²) in [6, 6.07) is -0.501. The number of carbonyl (C=O) groups is 2. The van der Waals surface area contributed by atoms with Crippen LogP contribution in [-0.4, -0.2) is 38.5 Å². The molecule has 0 saturated carbocycles. The Balaban J connectivity index is 2.60. The zero-order valence-corrected chi connectivity index (χ0v) is 10.8. The van der Waals surface area contributed by atoms with E-state index in [0.717, 1.165) is 0 Å². The van der Waals surface area contributed by atoms with Gasteiger partial charge < -0.3 is 10.4 Å². The summed E-state index contributed by atoms with van der Waals surface area (Å²) in [5.41, 5.74) is 0.339. The average Bonchev–Trinajstić information content (AvgIpc) is 2.72.